The molecule has 0 atom stereocenters. The predicted molar refractivity (Wildman–Crippen MR) is 73.5 cm³/mol. The van der Waals surface area contributed by atoms with Gasteiger partial charge in [-0.25, -0.2) is 0 Å². The molecule has 1 heterocycles. The molecule has 0 spiro atoms. The zero-order valence-corrected chi connectivity index (χ0v) is 11.9. The summed E-state index contributed by atoms with van der Waals surface area (Å²) in [5, 5.41) is 4.30. The molecule has 0 saturated heterocycles. The Morgan fingerprint density at radius 3 is 2.28 bits per heavy atom. The maximum absolute atomic E-state index is 12.5. The van der Waals surface area contributed by atoms with Gasteiger partial charge in [0.15, 0.2) is 0 Å². The number of nitrogen functional groups attached to an aromatic ring is 1. The molecule has 102 valence electrons. The lowest BCUT2D eigenvalue weighted by molar-refractivity contribution is 0.0744. The smallest absolute Gasteiger partial charge is 0.274 e. The lowest BCUT2D eigenvalue weighted by Crippen LogP contribution is -2.34. The van der Waals surface area contributed by atoms with Gasteiger partial charge >= 0.3 is 0 Å². The summed E-state index contributed by atoms with van der Waals surface area (Å²) >= 11 is 0. The van der Waals surface area contributed by atoms with Crippen LogP contribution in [0.4, 0.5) is 5.69 Å². The minimum atomic E-state index is -0.00125. The Balaban J connectivity index is 3.07. The van der Waals surface area contributed by atoms with Gasteiger partial charge in [0.25, 0.3) is 5.91 Å². The summed E-state index contributed by atoms with van der Waals surface area (Å²) in [6.45, 7) is 10.1. The molecule has 1 amide bonds. The highest BCUT2D eigenvalue weighted by Gasteiger charge is 2.23. The molecule has 2 N–H and O–H groups in total. The molecule has 0 unspecified atom stereocenters. The Bertz CT molecular complexity index is 405. The molecule has 1 aromatic rings. The minimum absolute atomic E-state index is 0.00125. The first-order valence-corrected chi connectivity index (χ1v) is 6.68. The van der Waals surface area contributed by atoms with Crippen molar-refractivity contribution in [2.24, 2.45) is 0 Å². The molecule has 18 heavy (non-hydrogen) atoms. The van der Waals surface area contributed by atoms with E-state index in [1.807, 2.05) is 18.7 Å². The second kappa shape index (κ2) is 6.42. The fraction of sp³-hybridized carbons (Fsp3) is 0.692. The van der Waals surface area contributed by atoms with Crippen molar-refractivity contribution in [3.8, 4) is 0 Å². The van der Waals surface area contributed by atoms with Crippen molar-refractivity contribution in [1.29, 1.82) is 0 Å². The Morgan fingerprint density at radius 1 is 1.28 bits per heavy atom. The van der Waals surface area contributed by atoms with Crippen LogP contribution in [0.25, 0.3) is 0 Å². The van der Waals surface area contributed by atoms with E-state index in [-0.39, 0.29) is 5.91 Å². The Labute approximate surface area is 109 Å². The third kappa shape index (κ3) is 2.83. The summed E-state index contributed by atoms with van der Waals surface area (Å²) < 4.78 is 1.70. The van der Waals surface area contributed by atoms with Crippen LogP contribution in [-0.4, -0.2) is 33.7 Å². The zero-order chi connectivity index (χ0) is 13.7. The van der Waals surface area contributed by atoms with Gasteiger partial charge in [-0.1, -0.05) is 13.8 Å². The van der Waals surface area contributed by atoms with Crippen LogP contribution in [-0.2, 0) is 6.54 Å². The number of aromatic nitrogens is 2. The largest absolute Gasteiger partial charge is 0.395 e. The van der Waals surface area contributed by atoms with Gasteiger partial charge in [-0.3, -0.25) is 9.48 Å². The highest BCUT2D eigenvalue weighted by Crippen LogP contribution is 2.18. The van der Waals surface area contributed by atoms with Crippen molar-refractivity contribution in [3.05, 3.63) is 11.4 Å². The van der Waals surface area contributed by atoms with E-state index in [1.54, 1.807) is 4.68 Å². The monoisotopic (exact) mass is 252 g/mol. The molecule has 0 aliphatic carbocycles. The molecule has 0 fully saturated rings. The van der Waals surface area contributed by atoms with E-state index < -0.39 is 0 Å². The van der Waals surface area contributed by atoms with Crippen molar-refractivity contribution in [3.63, 3.8) is 0 Å². The van der Waals surface area contributed by atoms with Crippen molar-refractivity contribution in [1.82, 2.24) is 14.7 Å². The number of nitrogens with two attached hydrogens (primary N) is 1. The molecule has 1 rings (SSSR count). The van der Waals surface area contributed by atoms with Crippen LogP contribution in [0.2, 0.25) is 0 Å². The Morgan fingerprint density at radius 2 is 1.83 bits per heavy atom. The number of rotatable bonds is 6. The van der Waals surface area contributed by atoms with Crippen LogP contribution in [0.3, 0.4) is 0 Å². The fourth-order valence-corrected chi connectivity index (χ4v) is 2.05. The standard InChI is InChI=1S/C13H24N4O/c1-5-8-16(9-6-2)13(18)12-11(14)10(4)15-17(12)7-3/h5-9,14H2,1-4H3. The van der Waals surface area contributed by atoms with E-state index in [4.69, 9.17) is 5.73 Å². The van der Waals surface area contributed by atoms with E-state index in [0.717, 1.165) is 31.6 Å². The molecular weight excluding hydrogens is 228 g/mol. The number of carbonyl (C=O) groups excluding carboxylic acids is 1. The van der Waals surface area contributed by atoms with E-state index >= 15 is 0 Å². The fourth-order valence-electron chi connectivity index (χ4n) is 2.05. The van der Waals surface area contributed by atoms with Crippen LogP contribution in [0.1, 0.15) is 49.8 Å². The Hall–Kier alpha value is -1.52. The van der Waals surface area contributed by atoms with E-state index in [1.165, 1.54) is 0 Å². The summed E-state index contributed by atoms with van der Waals surface area (Å²) in [5.74, 6) is -0.00125. The van der Waals surface area contributed by atoms with Gasteiger partial charge in [0.05, 0.1) is 11.4 Å². The van der Waals surface area contributed by atoms with E-state index in [2.05, 4.69) is 18.9 Å². The molecule has 0 radical (unpaired) electrons. The second-order valence-electron chi connectivity index (χ2n) is 4.46. The SMILES string of the molecule is CCCN(CCC)C(=O)c1c(N)c(C)nn1CC. The molecule has 0 aliphatic heterocycles. The topological polar surface area (TPSA) is 64.2 Å². The molecule has 5 heteroatoms. The lowest BCUT2D eigenvalue weighted by Gasteiger charge is -2.22. The summed E-state index contributed by atoms with van der Waals surface area (Å²) in [6.07, 6.45) is 1.90. The van der Waals surface area contributed by atoms with E-state index in [0.29, 0.717) is 17.9 Å². The van der Waals surface area contributed by atoms with Gasteiger partial charge in [0, 0.05) is 19.6 Å². The molecule has 0 aromatic carbocycles. The lowest BCUT2D eigenvalue weighted by atomic mass is 10.2. The predicted octanol–water partition coefficient (Wildman–Crippen LogP) is 2.06. The summed E-state index contributed by atoms with van der Waals surface area (Å²) in [5.41, 5.74) is 7.76. The van der Waals surface area contributed by atoms with Gasteiger partial charge in [-0.2, -0.15) is 5.10 Å². The minimum Gasteiger partial charge on any atom is -0.395 e. The number of carbonyl (C=O) groups is 1. The summed E-state index contributed by atoms with van der Waals surface area (Å²) in [7, 11) is 0. The first-order chi connectivity index (χ1) is 8.56. The van der Waals surface area contributed by atoms with Gasteiger partial charge in [-0.15, -0.1) is 0 Å². The number of amides is 1. The highest BCUT2D eigenvalue weighted by molar-refractivity contribution is 5.98. The normalized spacial score (nSPS) is 10.7. The second-order valence-corrected chi connectivity index (χ2v) is 4.46. The van der Waals surface area contributed by atoms with Gasteiger partial charge < -0.3 is 10.6 Å². The van der Waals surface area contributed by atoms with E-state index in [9.17, 15) is 4.79 Å². The number of anilines is 1. The molecular formula is C13H24N4O. The maximum Gasteiger partial charge on any atom is 0.274 e. The molecule has 5 nitrogen and oxygen atoms in total. The van der Waals surface area contributed by atoms with Crippen molar-refractivity contribution in [2.45, 2.75) is 47.1 Å². The third-order valence-electron chi connectivity index (χ3n) is 2.95. The van der Waals surface area contributed by atoms with Gasteiger partial charge in [-0.05, 0) is 26.7 Å². The number of hydrogen-bond acceptors (Lipinski definition) is 3. The molecule has 1 aromatic heterocycles. The third-order valence-corrected chi connectivity index (χ3v) is 2.95. The van der Waals surface area contributed by atoms with Crippen LogP contribution in [0.5, 0.6) is 0 Å². The van der Waals surface area contributed by atoms with Gasteiger partial charge in [0.2, 0.25) is 0 Å². The van der Waals surface area contributed by atoms with Crippen LogP contribution < -0.4 is 5.73 Å². The number of aryl methyl sites for hydroxylation is 2. The average molecular weight is 252 g/mol. The molecule has 0 aliphatic rings. The van der Waals surface area contributed by atoms with Crippen LogP contribution in [0, 0.1) is 6.92 Å². The molecule has 0 bridgehead atoms. The Kier molecular flexibility index (Phi) is 5.19. The van der Waals surface area contributed by atoms with Crippen molar-refractivity contribution < 1.29 is 4.79 Å². The average Bonchev–Trinajstić information content (AvgIpc) is 2.64. The van der Waals surface area contributed by atoms with Crippen LogP contribution >= 0.6 is 0 Å². The number of nitrogens with zero attached hydrogens (tertiary/aromatic N) is 3. The number of hydrogen-bond donors (Lipinski definition) is 1. The molecule has 0 saturated carbocycles. The summed E-state index contributed by atoms with van der Waals surface area (Å²) in [6, 6.07) is 0. The van der Waals surface area contributed by atoms with Crippen molar-refractivity contribution in [2.75, 3.05) is 18.8 Å². The zero-order valence-electron chi connectivity index (χ0n) is 11.9. The quantitative estimate of drug-likeness (QED) is 0.842. The maximum atomic E-state index is 12.5. The first kappa shape index (κ1) is 14.5. The van der Waals surface area contributed by atoms with Gasteiger partial charge in [0.1, 0.15) is 5.69 Å². The van der Waals surface area contributed by atoms with Crippen LogP contribution in [0.15, 0.2) is 0 Å². The first-order valence-electron chi connectivity index (χ1n) is 6.68. The highest BCUT2D eigenvalue weighted by atomic mass is 16.2. The summed E-state index contributed by atoms with van der Waals surface area (Å²) in [4.78, 5) is 14.4. The van der Waals surface area contributed by atoms with Crippen molar-refractivity contribution >= 4 is 11.6 Å².